The number of carbonyl (C=O) groups is 1. The van der Waals surface area contributed by atoms with Crippen LogP contribution in [0.3, 0.4) is 0 Å². The summed E-state index contributed by atoms with van der Waals surface area (Å²) in [5.74, 6) is -1.09. The van der Waals surface area contributed by atoms with E-state index in [1.807, 2.05) is 0 Å². The van der Waals surface area contributed by atoms with Gasteiger partial charge >= 0.3 is 12.7 Å². The predicted octanol–water partition coefficient (Wildman–Crippen LogP) is 6.17. The lowest BCUT2D eigenvalue weighted by atomic mass is 10.0. The molecule has 11 heteroatoms. The number of nitrogens with one attached hydrogen (secondary N) is 1. The van der Waals surface area contributed by atoms with Gasteiger partial charge in [0.2, 0.25) is 5.91 Å². The van der Waals surface area contributed by atoms with Crippen molar-refractivity contribution in [2.75, 3.05) is 5.32 Å². The highest BCUT2D eigenvalue weighted by molar-refractivity contribution is 5.89. The van der Waals surface area contributed by atoms with Crippen LogP contribution in [0.4, 0.5) is 32.2 Å². The Morgan fingerprint density at radius 2 is 1.22 bits per heavy atom. The van der Waals surface area contributed by atoms with Gasteiger partial charge < -0.3 is 14.8 Å². The first kappa shape index (κ1) is 22.9. The van der Waals surface area contributed by atoms with Gasteiger partial charge in [0.15, 0.2) is 0 Å². The molecule has 0 aliphatic rings. The number of anilines is 1. The van der Waals surface area contributed by atoms with E-state index in [1.165, 1.54) is 37.3 Å². The molecule has 0 bridgehead atoms. The number of carbonyl (C=O) groups excluding carboxylic acids is 1. The average Bonchev–Trinajstić information content (AvgIpc) is 2.66. The molecule has 0 radical (unpaired) electrons. The zero-order valence-corrected chi connectivity index (χ0v) is 16.2. The number of rotatable bonds is 5. The minimum Gasteiger partial charge on any atom is -0.406 e. The molecule has 0 saturated carbocycles. The molecule has 0 saturated heterocycles. The number of halogens is 6. The number of alkyl halides is 6. The number of hydrogen-bond donors (Lipinski definition) is 1. The molecular weight excluding hydrogens is 442 g/mol. The third kappa shape index (κ3) is 6.62. The van der Waals surface area contributed by atoms with Crippen LogP contribution in [-0.2, 0) is 4.79 Å². The number of hydrogen-bond acceptors (Lipinski definition) is 4. The number of benzene rings is 2. The molecule has 0 aliphatic heterocycles. The standard InChI is InChI=1S/C21H14F6N2O3/c1-12(30)28-19-11-15(13-2-6-16(7-3-13)31-20(22,23)24)10-18(29-19)14-4-8-17(9-5-14)32-21(25,26)27/h2-11H,1H3,(H,28,29,30). The van der Waals surface area contributed by atoms with E-state index in [4.69, 9.17) is 0 Å². The zero-order valence-electron chi connectivity index (χ0n) is 16.2. The van der Waals surface area contributed by atoms with Crippen molar-refractivity contribution in [1.82, 2.24) is 4.98 Å². The fourth-order valence-electron chi connectivity index (χ4n) is 2.77. The molecule has 1 heterocycles. The predicted molar refractivity (Wildman–Crippen MR) is 103 cm³/mol. The number of amides is 1. The van der Waals surface area contributed by atoms with E-state index < -0.39 is 30.1 Å². The molecule has 32 heavy (non-hydrogen) atoms. The van der Waals surface area contributed by atoms with Crippen LogP contribution >= 0.6 is 0 Å². The summed E-state index contributed by atoms with van der Waals surface area (Å²) in [6.07, 6.45) is -9.66. The van der Waals surface area contributed by atoms with E-state index in [9.17, 15) is 31.1 Å². The maximum atomic E-state index is 12.4. The molecule has 3 aromatic rings. The lowest BCUT2D eigenvalue weighted by Crippen LogP contribution is -2.16. The molecule has 1 aromatic heterocycles. The Kier molecular flexibility index (Phi) is 6.28. The van der Waals surface area contributed by atoms with E-state index in [1.54, 1.807) is 6.07 Å². The maximum Gasteiger partial charge on any atom is 0.573 e. The van der Waals surface area contributed by atoms with E-state index >= 15 is 0 Å². The van der Waals surface area contributed by atoms with E-state index in [0.717, 1.165) is 24.3 Å². The molecule has 3 rings (SSSR count). The van der Waals surface area contributed by atoms with Crippen molar-refractivity contribution in [3.05, 3.63) is 60.7 Å². The monoisotopic (exact) mass is 456 g/mol. The summed E-state index contributed by atoms with van der Waals surface area (Å²) in [6.45, 7) is 1.26. The second-order valence-corrected chi connectivity index (χ2v) is 6.45. The van der Waals surface area contributed by atoms with Gasteiger partial charge in [0.25, 0.3) is 0 Å². The Bertz CT molecular complexity index is 1020. The van der Waals surface area contributed by atoms with Crippen LogP contribution in [0.15, 0.2) is 60.7 Å². The molecule has 0 spiro atoms. The Labute approximate surface area is 177 Å². The molecule has 1 amide bonds. The second kappa shape index (κ2) is 8.77. The fourth-order valence-corrected chi connectivity index (χ4v) is 2.77. The maximum absolute atomic E-state index is 12.4. The minimum absolute atomic E-state index is 0.149. The van der Waals surface area contributed by atoms with Gasteiger partial charge in [-0.1, -0.05) is 12.1 Å². The van der Waals surface area contributed by atoms with Gasteiger partial charge in [-0.25, -0.2) is 4.98 Å². The van der Waals surface area contributed by atoms with Gasteiger partial charge in [-0.3, -0.25) is 4.79 Å². The highest BCUT2D eigenvalue weighted by Crippen LogP contribution is 2.32. The molecule has 2 aromatic carbocycles. The molecule has 0 unspecified atom stereocenters. The van der Waals surface area contributed by atoms with Crippen LogP contribution in [0.25, 0.3) is 22.4 Å². The van der Waals surface area contributed by atoms with E-state index in [2.05, 4.69) is 19.8 Å². The molecule has 168 valence electrons. The Morgan fingerprint density at radius 1 is 0.750 bits per heavy atom. The minimum atomic E-state index is -4.83. The van der Waals surface area contributed by atoms with Crippen molar-refractivity contribution in [3.63, 3.8) is 0 Å². The van der Waals surface area contributed by atoms with Crippen LogP contribution in [0.1, 0.15) is 6.92 Å². The van der Waals surface area contributed by atoms with Gasteiger partial charge in [-0.15, -0.1) is 26.3 Å². The van der Waals surface area contributed by atoms with E-state index in [0.29, 0.717) is 22.4 Å². The number of nitrogens with zero attached hydrogens (tertiary/aromatic N) is 1. The van der Waals surface area contributed by atoms with Crippen molar-refractivity contribution in [3.8, 4) is 33.9 Å². The third-order valence-corrected chi connectivity index (χ3v) is 3.93. The number of pyridine rings is 1. The van der Waals surface area contributed by atoms with Crippen LogP contribution in [0.5, 0.6) is 11.5 Å². The van der Waals surface area contributed by atoms with Crippen molar-refractivity contribution in [1.29, 1.82) is 0 Å². The summed E-state index contributed by atoms with van der Waals surface area (Å²) < 4.78 is 81.8. The summed E-state index contributed by atoms with van der Waals surface area (Å²) in [5, 5.41) is 2.51. The van der Waals surface area contributed by atoms with Crippen molar-refractivity contribution < 1.29 is 40.6 Å². The Morgan fingerprint density at radius 3 is 1.66 bits per heavy atom. The van der Waals surface area contributed by atoms with Crippen molar-refractivity contribution in [2.45, 2.75) is 19.6 Å². The van der Waals surface area contributed by atoms with Crippen LogP contribution in [-0.4, -0.2) is 23.6 Å². The molecule has 0 fully saturated rings. The molecule has 0 atom stereocenters. The third-order valence-electron chi connectivity index (χ3n) is 3.93. The number of aromatic nitrogens is 1. The Hall–Kier alpha value is -3.76. The van der Waals surface area contributed by atoms with Gasteiger partial charge in [-0.2, -0.15) is 0 Å². The SMILES string of the molecule is CC(=O)Nc1cc(-c2ccc(OC(F)(F)F)cc2)cc(-c2ccc(OC(F)(F)F)cc2)n1. The lowest BCUT2D eigenvalue weighted by molar-refractivity contribution is -0.275. The first-order valence-corrected chi connectivity index (χ1v) is 8.90. The van der Waals surface area contributed by atoms with Crippen LogP contribution in [0, 0.1) is 0 Å². The normalized spacial score (nSPS) is 11.7. The average molecular weight is 456 g/mol. The molecule has 0 aliphatic carbocycles. The quantitative estimate of drug-likeness (QED) is 0.467. The first-order valence-electron chi connectivity index (χ1n) is 8.90. The summed E-state index contributed by atoms with van der Waals surface area (Å²) in [5.41, 5.74) is 1.71. The molecule has 5 nitrogen and oxygen atoms in total. The Balaban J connectivity index is 1.96. The molecular formula is C21H14F6N2O3. The van der Waals surface area contributed by atoms with Crippen molar-refractivity contribution >= 4 is 11.7 Å². The van der Waals surface area contributed by atoms with E-state index in [-0.39, 0.29) is 5.82 Å². The van der Waals surface area contributed by atoms with Crippen LogP contribution in [0.2, 0.25) is 0 Å². The van der Waals surface area contributed by atoms with Gasteiger partial charge in [-0.05, 0) is 59.7 Å². The van der Waals surface area contributed by atoms with Crippen LogP contribution < -0.4 is 14.8 Å². The smallest absolute Gasteiger partial charge is 0.406 e. The topological polar surface area (TPSA) is 60.5 Å². The summed E-state index contributed by atoms with van der Waals surface area (Å²) >= 11 is 0. The summed E-state index contributed by atoms with van der Waals surface area (Å²) in [4.78, 5) is 15.7. The number of ether oxygens (including phenoxy) is 2. The first-order chi connectivity index (χ1) is 14.9. The highest BCUT2D eigenvalue weighted by Gasteiger charge is 2.31. The van der Waals surface area contributed by atoms with Gasteiger partial charge in [0.05, 0.1) is 5.69 Å². The van der Waals surface area contributed by atoms with Crippen molar-refractivity contribution in [2.24, 2.45) is 0 Å². The highest BCUT2D eigenvalue weighted by atomic mass is 19.4. The zero-order chi connectivity index (χ0) is 23.5. The lowest BCUT2D eigenvalue weighted by Gasteiger charge is -2.12. The molecule has 1 N–H and O–H groups in total. The summed E-state index contributed by atoms with van der Waals surface area (Å²) in [6, 6.07) is 13.0. The van der Waals surface area contributed by atoms with Gasteiger partial charge in [0.1, 0.15) is 17.3 Å². The second-order valence-electron chi connectivity index (χ2n) is 6.45. The summed E-state index contributed by atoms with van der Waals surface area (Å²) in [7, 11) is 0. The largest absolute Gasteiger partial charge is 0.573 e. The van der Waals surface area contributed by atoms with Gasteiger partial charge in [0, 0.05) is 12.5 Å². The fraction of sp³-hybridized carbons (Fsp3) is 0.143.